The van der Waals surface area contributed by atoms with Crippen molar-refractivity contribution in [3.05, 3.63) is 83.2 Å². The SMILES string of the molecule is CNC(C)C(=O)NC(C(=O)N1C[C@@H](NC(=O)c2cnc(N3CCC(COc4cc5ncnc(Nc6n[nH]c(C)c6C)c5cc4S(=O)(=O)C(C)(C)C)CC3)cn2)C[C@H]1C(=O)N[C@@H]1CCCc2ccccc21)C1CCCCC1. The maximum atomic E-state index is 14.8. The monoisotopic (exact) mass is 1060 g/mol. The molecule has 2 saturated heterocycles. The molecule has 2 aromatic carbocycles. The average Bonchev–Trinajstić information content (AvgIpc) is 4.00. The summed E-state index contributed by atoms with van der Waals surface area (Å²) in [5.41, 5.74) is 4.71. The van der Waals surface area contributed by atoms with E-state index in [1.54, 1.807) is 58.0 Å². The van der Waals surface area contributed by atoms with Gasteiger partial charge in [0.2, 0.25) is 17.7 Å². The van der Waals surface area contributed by atoms with E-state index >= 15 is 0 Å². The van der Waals surface area contributed by atoms with Crippen molar-refractivity contribution < 1.29 is 32.3 Å². The van der Waals surface area contributed by atoms with Crippen LogP contribution in [0.1, 0.15) is 131 Å². The molecule has 9 rings (SSSR count). The molecule has 0 bridgehead atoms. The van der Waals surface area contributed by atoms with Gasteiger partial charge in [-0.3, -0.25) is 24.3 Å². The van der Waals surface area contributed by atoms with Gasteiger partial charge in [-0.15, -0.1) is 0 Å². The number of hydrogen-bond donors (Lipinski definition) is 6. The van der Waals surface area contributed by atoms with Crippen LogP contribution in [0.25, 0.3) is 10.9 Å². The summed E-state index contributed by atoms with van der Waals surface area (Å²) < 4.78 is 33.5. The number of aromatic amines is 1. The second kappa shape index (κ2) is 22.8. The normalized spacial score (nSPS) is 20.4. The van der Waals surface area contributed by atoms with Crippen molar-refractivity contribution in [3.8, 4) is 5.75 Å². The van der Waals surface area contributed by atoms with Crippen molar-refractivity contribution in [2.45, 2.75) is 152 Å². The molecule has 406 valence electrons. The molecule has 1 saturated carbocycles. The first kappa shape index (κ1) is 54.1. The molecule has 4 amide bonds. The van der Waals surface area contributed by atoms with Gasteiger partial charge in [-0.1, -0.05) is 43.5 Å². The van der Waals surface area contributed by atoms with Gasteiger partial charge in [0.25, 0.3) is 5.91 Å². The summed E-state index contributed by atoms with van der Waals surface area (Å²) in [6.45, 7) is 12.2. The maximum Gasteiger partial charge on any atom is 0.271 e. The third-order valence-corrected chi connectivity index (χ3v) is 18.5. The topological polar surface area (TPSA) is 259 Å². The fraction of sp³-hybridized carbons (Fsp3) is 0.545. The van der Waals surface area contributed by atoms with Crippen LogP contribution in [-0.4, -0.2) is 129 Å². The number of sulfone groups is 1. The first-order valence-electron chi connectivity index (χ1n) is 26.9. The molecule has 6 N–H and O–H groups in total. The molecule has 2 aliphatic heterocycles. The maximum absolute atomic E-state index is 14.8. The Morgan fingerprint density at radius 2 is 1.66 bits per heavy atom. The van der Waals surface area contributed by atoms with Crippen molar-refractivity contribution in [2.24, 2.45) is 11.8 Å². The molecular formula is C55H73N13O7S. The number of H-pyrrole nitrogens is 1. The Morgan fingerprint density at radius 3 is 2.36 bits per heavy atom. The number of aromatic nitrogens is 6. The summed E-state index contributed by atoms with van der Waals surface area (Å²) in [5.74, 6) is 0.513. The summed E-state index contributed by atoms with van der Waals surface area (Å²) in [6, 6.07) is 8.39. The second-order valence-electron chi connectivity index (χ2n) is 22.1. The number of fused-ring (bicyclic) bond motifs is 2. The fourth-order valence-electron chi connectivity index (χ4n) is 11.0. The van der Waals surface area contributed by atoms with Crippen molar-refractivity contribution in [1.29, 1.82) is 0 Å². The van der Waals surface area contributed by atoms with E-state index < -0.39 is 44.7 Å². The van der Waals surface area contributed by atoms with Gasteiger partial charge in [0.15, 0.2) is 15.7 Å². The van der Waals surface area contributed by atoms with Crippen molar-refractivity contribution in [1.82, 2.24) is 56.3 Å². The van der Waals surface area contributed by atoms with Crippen LogP contribution in [-0.2, 0) is 30.6 Å². The number of benzene rings is 2. The van der Waals surface area contributed by atoms with Crippen LogP contribution in [0.5, 0.6) is 5.75 Å². The molecule has 76 heavy (non-hydrogen) atoms. The van der Waals surface area contributed by atoms with E-state index in [0.717, 1.165) is 81.0 Å². The van der Waals surface area contributed by atoms with Gasteiger partial charge in [-0.2, -0.15) is 5.10 Å². The highest BCUT2D eigenvalue weighted by molar-refractivity contribution is 7.92. The summed E-state index contributed by atoms with van der Waals surface area (Å²) >= 11 is 0. The van der Waals surface area contributed by atoms with Crippen LogP contribution in [0.2, 0.25) is 0 Å². The third-order valence-electron chi connectivity index (χ3n) is 16.0. The predicted molar refractivity (Wildman–Crippen MR) is 289 cm³/mol. The van der Waals surface area contributed by atoms with Crippen LogP contribution >= 0.6 is 0 Å². The smallest absolute Gasteiger partial charge is 0.271 e. The summed E-state index contributed by atoms with van der Waals surface area (Å²) in [5, 5.41) is 23.4. The number of amides is 4. The van der Waals surface area contributed by atoms with E-state index in [4.69, 9.17) is 4.74 Å². The van der Waals surface area contributed by atoms with Crippen LogP contribution in [0, 0.1) is 25.7 Å². The van der Waals surface area contributed by atoms with E-state index in [1.807, 2.05) is 32.0 Å². The minimum absolute atomic E-state index is 0.0612. The molecule has 20 nitrogen and oxygen atoms in total. The lowest BCUT2D eigenvalue weighted by molar-refractivity contribution is -0.143. The number of carbonyl (C=O) groups excluding carboxylic acids is 4. The van der Waals surface area contributed by atoms with Crippen LogP contribution in [0.15, 0.2) is 60.0 Å². The van der Waals surface area contributed by atoms with Gasteiger partial charge in [0.1, 0.15) is 46.4 Å². The van der Waals surface area contributed by atoms with Crippen molar-refractivity contribution in [2.75, 3.05) is 43.5 Å². The molecular weight excluding hydrogens is 987 g/mol. The van der Waals surface area contributed by atoms with E-state index in [2.05, 4.69) is 67.7 Å². The highest BCUT2D eigenvalue weighted by Gasteiger charge is 2.45. The Labute approximate surface area is 445 Å². The molecule has 0 spiro atoms. The van der Waals surface area contributed by atoms with E-state index in [-0.39, 0.29) is 71.5 Å². The number of aryl methyl sites for hydroxylation is 2. The number of nitrogens with zero attached hydrogens (tertiary/aromatic N) is 7. The average molecular weight is 1060 g/mol. The minimum Gasteiger partial charge on any atom is -0.492 e. The molecule has 5 atom stereocenters. The van der Waals surface area contributed by atoms with Crippen LogP contribution in [0.3, 0.4) is 0 Å². The zero-order valence-corrected chi connectivity index (χ0v) is 45.6. The molecule has 2 aliphatic carbocycles. The minimum atomic E-state index is -3.87. The van der Waals surface area contributed by atoms with Gasteiger partial charge < -0.3 is 41.1 Å². The van der Waals surface area contributed by atoms with Crippen molar-refractivity contribution in [3.63, 3.8) is 0 Å². The number of likely N-dealkylation sites (N-methyl/N-ethyl adjacent to an activating group) is 1. The molecule has 4 aliphatic rings. The number of hydrogen-bond acceptors (Lipinski definition) is 15. The fourth-order valence-corrected chi connectivity index (χ4v) is 12.3. The molecule has 3 aromatic heterocycles. The first-order valence-corrected chi connectivity index (χ1v) is 28.4. The zero-order valence-electron chi connectivity index (χ0n) is 44.7. The van der Waals surface area contributed by atoms with Gasteiger partial charge in [-0.05, 0) is 129 Å². The van der Waals surface area contributed by atoms with E-state index in [9.17, 15) is 27.6 Å². The summed E-state index contributed by atoms with van der Waals surface area (Å²) in [7, 11) is -2.18. The van der Waals surface area contributed by atoms with Gasteiger partial charge in [0, 0.05) is 48.4 Å². The molecule has 3 fully saturated rings. The Morgan fingerprint density at radius 1 is 0.895 bits per heavy atom. The standard InChI is InChI=1S/C55H73N13O7S/c1-32-33(2)65-66-49(32)64-50-40-25-46(76(73,74)55(4,5)6)45(26-42(40)59-31-60-50)75-30-35-20-22-67(23-21-35)47-28-57-43(27-58-47)52(70)61-38-24-44(53(71)62-41-19-13-17-36-14-11-12-18-39(36)41)68(29-38)54(72)48(37-15-9-8-10-16-37)63-51(69)34(3)56-7/h11-12,14,18,25-28,31,34-35,37-38,41,44,48,56H,8-10,13,15-17,19-24,29-30H2,1-7H3,(H,61,70)(H,62,71)(H,63,69)(H2,59,60,64,65,66)/t34?,38-,41+,44-,48?/m0/s1. The molecule has 21 heteroatoms. The quantitative estimate of drug-likeness (QED) is 0.0669. The van der Waals surface area contributed by atoms with E-state index in [0.29, 0.717) is 41.4 Å². The highest BCUT2D eigenvalue weighted by Crippen LogP contribution is 2.39. The van der Waals surface area contributed by atoms with E-state index in [1.165, 1.54) is 18.1 Å². The number of nitrogens with one attached hydrogen (secondary N) is 6. The number of anilines is 3. The van der Waals surface area contributed by atoms with Gasteiger partial charge in [-0.25, -0.2) is 28.4 Å². The van der Waals surface area contributed by atoms with Crippen LogP contribution in [0.4, 0.5) is 17.5 Å². The first-order chi connectivity index (χ1) is 36.4. The number of carbonyl (C=O) groups is 4. The molecule has 5 aromatic rings. The number of rotatable bonds is 16. The molecule has 2 unspecified atom stereocenters. The Balaban J connectivity index is 0.851. The number of likely N-dealkylation sites (tertiary alicyclic amines) is 1. The largest absolute Gasteiger partial charge is 0.492 e. The van der Waals surface area contributed by atoms with Crippen LogP contribution < -0.4 is 36.2 Å². The Hall–Kier alpha value is -6.74. The Kier molecular flexibility index (Phi) is 16.3. The van der Waals surface area contributed by atoms with Gasteiger partial charge >= 0.3 is 0 Å². The summed E-state index contributed by atoms with van der Waals surface area (Å²) in [6.07, 6.45) is 13.3. The van der Waals surface area contributed by atoms with Gasteiger partial charge in [0.05, 0.1) is 41.3 Å². The lowest BCUT2D eigenvalue weighted by Gasteiger charge is -2.35. The Bertz CT molecular complexity index is 3040. The summed E-state index contributed by atoms with van der Waals surface area (Å²) in [4.78, 5) is 78.4. The number of ether oxygens (including phenoxy) is 1. The lowest BCUT2D eigenvalue weighted by Crippen LogP contribution is -2.58. The molecule has 0 radical (unpaired) electrons. The second-order valence-corrected chi connectivity index (χ2v) is 24.7. The molecule has 5 heterocycles. The zero-order chi connectivity index (χ0) is 53.9. The number of piperidine rings is 1. The van der Waals surface area contributed by atoms with Crippen molar-refractivity contribution >= 4 is 61.8 Å². The third kappa shape index (κ3) is 11.6. The predicted octanol–water partition coefficient (Wildman–Crippen LogP) is 5.94. The lowest BCUT2D eigenvalue weighted by atomic mass is 9.83. The highest BCUT2D eigenvalue weighted by atomic mass is 32.2.